The number of nitrogens with zero attached hydrogens (tertiary/aromatic N) is 2. The van der Waals surface area contributed by atoms with E-state index < -0.39 is 0 Å². The minimum atomic E-state index is -0.0816. The Morgan fingerprint density at radius 2 is 1.00 bits per heavy atom. The van der Waals surface area contributed by atoms with Crippen molar-refractivity contribution in [3.63, 3.8) is 0 Å². The molecule has 0 N–H and O–H groups in total. The third-order valence-electron chi connectivity index (χ3n) is 8.92. The minimum Gasteiger partial charge on any atom is -0.461 e. The van der Waals surface area contributed by atoms with Crippen molar-refractivity contribution in [3.8, 4) is 0 Å². The highest BCUT2D eigenvalue weighted by molar-refractivity contribution is 8.93. The number of benzene rings is 2. The van der Waals surface area contributed by atoms with Crippen molar-refractivity contribution in [2.75, 3.05) is 39.3 Å². The van der Waals surface area contributed by atoms with Crippen LogP contribution in [0.1, 0.15) is 62.5 Å². The fraction of sp³-hybridized carbons (Fsp3) is 0.562. The Morgan fingerprint density at radius 1 is 0.600 bits per heavy atom. The molecule has 40 heavy (non-hydrogen) atoms. The van der Waals surface area contributed by atoms with Gasteiger partial charge in [-0.1, -0.05) is 60.7 Å². The van der Waals surface area contributed by atoms with Crippen molar-refractivity contribution in [3.05, 3.63) is 71.8 Å². The lowest BCUT2D eigenvalue weighted by Gasteiger charge is -2.49. The van der Waals surface area contributed by atoms with Gasteiger partial charge in [0, 0.05) is 13.1 Å². The Labute approximate surface area is 260 Å². The van der Waals surface area contributed by atoms with Crippen LogP contribution in [0.3, 0.4) is 0 Å². The van der Waals surface area contributed by atoms with Gasteiger partial charge in [-0.15, -0.1) is 34.0 Å². The van der Waals surface area contributed by atoms with Crippen LogP contribution in [0.4, 0.5) is 0 Å². The van der Waals surface area contributed by atoms with Crippen molar-refractivity contribution in [2.45, 2.75) is 64.6 Å². The summed E-state index contributed by atoms with van der Waals surface area (Å²) < 4.78 is 11.4. The smallest absolute Gasteiger partial charge is 0.306 e. The normalized spacial score (nSPS) is 27.7. The maximum absolute atomic E-state index is 13.0. The zero-order valence-corrected chi connectivity index (χ0v) is 26.9. The first kappa shape index (κ1) is 32.8. The van der Waals surface area contributed by atoms with Crippen molar-refractivity contribution >= 4 is 45.9 Å². The number of halogens is 2. The Bertz CT molecular complexity index is 988. The van der Waals surface area contributed by atoms with Gasteiger partial charge in [-0.05, 0) is 86.7 Å². The largest absolute Gasteiger partial charge is 0.461 e. The van der Waals surface area contributed by atoms with Gasteiger partial charge >= 0.3 is 11.9 Å². The van der Waals surface area contributed by atoms with Crippen molar-refractivity contribution in [1.82, 2.24) is 9.80 Å². The molecule has 3 fully saturated rings. The maximum Gasteiger partial charge on any atom is 0.306 e. The second kappa shape index (κ2) is 15.5. The quantitative estimate of drug-likeness (QED) is 0.303. The Morgan fingerprint density at radius 3 is 1.40 bits per heavy atom. The Kier molecular flexibility index (Phi) is 12.7. The van der Waals surface area contributed by atoms with E-state index in [0.717, 1.165) is 88.9 Å². The lowest BCUT2D eigenvalue weighted by molar-refractivity contribution is -0.151. The van der Waals surface area contributed by atoms with Gasteiger partial charge in [0.25, 0.3) is 0 Å². The molecule has 0 aromatic heterocycles. The summed E-state index contributed by atoms with van der Waals surface area (Å²) in [5.41, 5.74) is 2.00. The Hall–Kier alpha value is -1.74. The van der Waals surface area contributed by atoms with E-state index in [1.165, 1.54) is 0 Å². The van der Waals surface area contributed by atoms with Crippen molar-refractivity contribution in [2.24, 2.45) is 10.8 Å². The average Bonchev–Trinajstić information content (AvgIpc) is 2.94. The average molecular weight is 681 g/mol. The summed E-state index contributed by atoms with van der Waals surface area (Å²) in [6.07, 6.45) is 7.35. The van der Waals surface area contributed by atoms with Gasteiger partial charge in [0.15, 0.2) is 0 Å². The summed E-state index contributed by atoms with van der Waals surface area (Å²) in [5.74, 6) is -0.163. The van der Waals surface area contributed by atoms with E-state index in [9.17, 15) is 9.59 Å². The first-order valence-corrected chi connectivity index (χ1v) is 14.4. The molecule has 4 atom stereocenters. The van der Waals surface area contributed by atoms with E-state index in [0.29, 0.717) is 26.1 Å². The predicted molar refractivity (Wildman–Crippen MR) is 168 cm³/mol. The van der Waals surface area contributed by atoms with E-state index in [4.69, 9.17) is 9.47 Å². The standard InChI is InChI=1S/C32H42N2O4.2BrH/c35-29(37-23-27-9-3-1-4-10-27)21-31-13-7-17-33(25-31)20-16-32(14-8-18-34(26-32)19-15-31)22-30(36)38-24-28-11-5-2-6-12-28;;/h1-6,9-12H,7-8,13-26H2;2*1H. The number of rotatable bonds is 8. The van der Waals surface area contributed by atoms with Gasteiger partial charge in [-0.2, -0.15) is 0 Å². The van der Waals surface area contributed by atoms with Crippen LogP contribution in [-0.4, -0.2) is 61.0 Å². The maximum atomic E-state index is 13.0. The second-order valence-electron chi connectivity index (χ2n) is 11.9. The summed E-state index contributed by atoms with van der Waals surface area (Å²) in [6, 6.07) is 19.8. The van der Waals surface area contributed by atoms with Gasteiger partial charge < -0.3 is 19.3 Å². The number of carbonyl (C=O) groups is 2. The highest BCUT2D eigenvalue weighted by Gasteiger charge is 2.43. The Balaban J connectivity index is 0.00000220. The molecule has 0 spiro atoms. The van der Waals surface area contributed by atoms with Gasteiger partial charge in [0.05, 0.1) is 12.8 Å². The molecular formula is C32H44Br2N2O4. The molecule has 3 aliphatic rings. The zero-order chi connectivity index (χ0) is 26.3. The topological polar surface area (TPSA) is 59.1 Å². The van der Waals surface area contributed by atoms with Gasteiger partial charge in [-0.25, -0.2) is 0 Å². The van der Waals surface area contributed by atoms with Gasteiger partial charge in [0.1, 0.15) is 13.2 Å². The lowest BCUT2D eigenvalue weighted by Crippen LogP contribution is -2.52. The highest BCUT2D eigenvalue weighted by Crippen LogP contribution is 2.43. The van der Waals surface area contributed by atoms with Crippen LogP contribution >= 0.6 is 34.0 Å². The first-order chi connectivity index (χ1) is 18.5. The predicted octanol–water partition coefficient (Wildman–Crippen LogP) is 6.37. The molecule has 220 valence electrons. The molecule has 4 bridgehead atoms. The molecule has 0 amide bonds. The summed E-state index contributed by atoms with van der Waals surface area (Å²) >= 11 is 0. The minimum absolute atomic E-state index is 0. The highest BCUT2D eigenvalue weighted by atomic mass is 79.9. The molecule has 0 aliphatic carbocycles. The molecule has 3 heterocycles. The third-order valence-corrected chi connectivity index (χ3v) is 8.92. The van der Waals surface area contributed by atoms with Crippen LogP contribution in [-0.2, 0) is 32.3 Å². The molecule has 4 unspecified atom stereocenters. The monoisotopic (exact) mass is 678 g/mol. The number of esters is 2. The summed E-state index contributed by atoms with van der Waals surface area (Å²) in [4.78, 5) is 31.1. The second-order valence-corrected chi connectivity index (χ2v) is 11.9. The zero-order valence-electron chi connectivity index (χ0n) is 23.4. The molecule has 3 aliphatic heterocycles. The van der Waals surface area contributed by atoms with Crippen LogP contribution in [0.15, 0.2) is 60.7 Å². The molecule has 2 aromatic rings. The SMILES string of the molecule is Br.Br.O=C(CC12CCCN(CCC3(CC(=O)OCc4ccccc4)CCCN(CC1)C3)C2)OCc1ccccc1. The molecule has 5 rings (SSSR count). The fourth-order valence-corrected chi connectivity index (χ4v) is 6.86. The van der Waals surface area contributed by atoms with Gasteiger partial charge in [-0.3, -0.25) is 9.59 Å². The number of piperidine rings is 2. The van der Waals surface area contributed by atoms with E-state index in [-0.39, 0.29) is 56.7 Å². The number of ether oxygens (including phenoxy) is 2. The van der Waals surface area contributed by atoms with E-state index in [1.807, 2.05) is 60.7 Å². The first-order valence-electron chi connectivity index (χ1n) is 14.4. The summed E-state index contributed by atoms with van der Waals surface area (Å²) in [5, 5.41) is 0. The van der Waals surface area contributed by atoms with E-state index in [1.54, 1.807) is 0 Å². The number of carbonyl (C=O) groups excluding carboxylic acids is 2. The van der Waals surface area contributed by atoms with E-state index in [2.05, 4.69) is 9.80 Å². The molecule has 0 radical (unpaired) electrons. The third kappa shape index (κ3) is 9.13. The van der Waals surface area contributed by atoms with Crippen molar-refractivity contribution in [1.29, 1.82) is 0 Å². The molecule has 2 aromatic carbocycles. The summed E-state index contributed by atoms with van der Waals surface area (Å²) in [6.45, 7) is 6.65. The molecule has 6 nitrogen and oxygen atoms in total. The van der Waals surface area contributed by atoms with Crippen LogP contribution < -0.4 is 0 Å². The molecular weight excluding hydrogens is 636 g/mol. The van der Waals surface area contributed by atoms with Crippen molar-refractivity contribution < 1.29 is 19.1 Å². The lowest BCUT2D eigenvalue weighted by atomic mass is 9.70. The van der Waals surface area contributed by atoms with Crippen LogP contribution in [0, 0.1) is 10.8 Å². The number of hydrogen-bond donors (Lipinski definition) is 0. The molecule has 3 saturated heterocycles. The summed E-state index contributed by atoms with van der Waals surface area (Å²) in [7, 11) is 0. The fourth-order valence-electron chi connectivity index (χ4n) is 6.86. The molecule has 0 saturated carbocycles. The number of fused-ring (bicyclic) bond motifs is 4. The van der Waals surface area contributed by atoms with E-state index >= 15 is 0 Å². The van der Waals surface area contributed by atoms with Gasteiger partial charge in [0.2, 0.25) is 0 Å². The van der Waals surface area contributed by atoms with Crippen LogP contribution in [0.5, 0.6) is 0 Å². The number of hydrogen-bond acceptors (Lipinski definition) is 6. The molecule has 8 heteroatoms. The van der Waals surface area contributed by atoms with Crippen LogP contribution in [0.2, 0.25) is 0 Å². The van der Waals surface area contributed by atoms with Crippen LogP contribution in [0.25, 0.3) is 0 Å².